The first-order valence-electron chi connectivity index (χ1n) is 7.97. The van der Waals surface area contributed by atoms with Gasteiger partial charge >= 0.3 is 0 Å². The maximum atomic E-state index is 12.0. The zero-order chi connectivity index (χ0) is 16.0. The topological polar surface area (TPSA) is 54.3 Å². The summed E-state index contributed by atoms with van der Waals surface area (Å²) in [7, 11) is 0. The molecule has 4 rings (SSSR count). The highest BCUT2D eigenvalue weighted by atomic mass is 35.5. The van der Waals surface area contributed by atoms with Crippen LogP contribution in [0.4, 0.5) is 5.69 Å². The molecule has 5 nitrogen and oxygen atoms in total. The summed E-state index contributed by atoms with van der Waals surface area (Å²) in [5, 5.41) is 4.12. The van der Waals surface area contributed by atoms with E-state index in [0.29, 0.717) is 16.9 Å². The number of carbonyl (C=O) groups excluding carboxylic acids is 1. The molecule has 1 N–H and O–H groups in total. The molecule has 126 valence electrons. The monoisotopic (exact) mass is 345 g/mol. The van der Waals surface area contributed by atoms with Gasteiger partial charge in [0.25, 0.3) is 0 Å². The Morgan fingerprint density at radius 3 is 2.88 bits per heavy atom. The van der Waals surface area contributed by atoms with Crippen molar-refractivity contribution in [2.24, 2.45) is 0 Å². The Morgan fingerprint density at radius 1 is 1.29 bits per heavy atom. The number of nitrogens with zero attached hydrogens (tertiary/aromatic N) is 2. The molecule has 1 atom stereocenters. The van der Waals surface area contributed by atoms with Crippen LogP contribution in [0, 0.1) is 0 Å². The summed E-state index contributed by atoms with van der Waals surface area (Å²) in [4.78, 5) is 26.2. The second-order valence-corrected chi connectivity index (χ2v) is 6.23. The highest BCUT2D eigenvalue weighted by Gasteiger charge is 2.28. The summed E-state index contributed by atoms with van der Waals surface area (Å²) in [5.41, 5.74) is 3.12. The Balaban J connectivity index is 0.00000169. The Kier molecular flexibility index (Phi) is 4.47. The molecule has 2 aromatic rings. The van der Waals surface area contributed by atoms with Gasteiger partial charge in [-0.2, -0.15) is 0 Å². The van der Waals surface area contributed by atoms with Gasteiger partial charge in [0.2, 0.25) is 5.91 Å². The minimum Gasteiger partial charge on any atom is -0.366 e. The average molecular weight is 346 g/mol. The Bertz CT molecular complexity index is 887. The van der Waals surface area contributed by atoms with Gasteiger partial charge < -0.3 is 10.2 Å². The van der Waals surface area contributed by atoms with Crippen LogP contribution in [0.3, 0.4) is 0 Å². The molecule has 1 unspecified atom stereocenters. The standard InChI is InChI=1S/C18H19N3O2.ClH/c1-12(22)21-8-6-18(23)15-5-4-14(9-17(15)21)20-10-13-3-2-7-19-16(13)11-20;/h3-6,8-9,16,19H,2,7,10-11H2,1H3;1H. The lowest BCUT2D eigenvalue weighted by atomic mass is 10.1. The van der Waals surface area contributed by atoms with Crippen LogP contribution in [0.2, 0.25) is 0 Å². The molecule has 0 bridgehead atoms. The number of hydrogen-bond acceptors (Lipinski definition) is 4. The molecule has 1 fully saturated rings. The lowest BCUT2D eigenvalue weighted by Crippen LogP contribution is -2.35. The van der Waals surface area contributed by atoms with E-state index in [9.17, 15) is 9.59 Å². The van der Waals surface area contributed by atoms with Crippen molar-refractivity contribution in [2.45, 2.75) is 19.4 Å². The molecule has 1 aromatic carbocycles. The fraction of sp³-hybridized carbons (Fsp3) is 0.333. The maximum absolute atomic E-state index is 12.0. The number of aromatic nitrogens is 1. The zero-order valence-corrected chi connectivity index (χ0v) is 14.3. The van der Waals surface area contributed by atoms with Gasteiger partial charge in [-0.15, -0.1) is 12.4 Å². The molecule has 2 aliphatic heterocycles. The summed E-state index contributed by atoms with van der Waals surface area (Å²) in [6.45, 7) is 4.37. The van der Waals surface area contributed by atoms with Crippen molar-refractivity contribution in [3.8, 4) is 0 Å². The van der Waals surface area contributed by atoms with Crippen molar-refractivity contribution in [1.82, 2.24) is 9.88 Å². The molecule has 6 heteroatoms. The van der Waals surface area contributed by atoms with E-state index in [0.717, 1.165) is 31.7 Å². The second kappa shape index (κ2) is 6.42. The number of nitrogens with one attached hydrogen (secondary N) is 1. The number of rotatable bonds is 1. The quantitative estimate of drug-likeness (QED) is 0.805. The molecular formula is C18H20ClN3O2. The van der Waals surface area contributed by atoms with Crippen LogP contribution in [-0.4, -0.2) is 36.2 Å². The van der Waals surface area contributed by atoms with E-state index in [4.69, 9.17) is 0 Å². The van der Waals surface area contributed by atoms with E-state index in [1.165, 1.54) is 18.6 Å². The summed E-state index contributed by atoms with van der Waals surface area (Å²) in [6.07, 6.45) is 4.97. The van der Waals surface area contributed by atoms with Gasteiger partial charge in [-0.1, -0.05) is 6.08 Å². The predicted octanol–water partition coefficient (Wildman–Crippen LogP) is 2.19. The maximum Gasteiger partial charge on any atom is 0.227 e. The van der Waals surface area contributed by atoms with Crippen molar-refractivity contribution < 1.29 is 4.79 Å². The highest BCUT2D eigenvalue weighted by Crippen LogP contribution is 2.27. The van der Waals surface area contributed by atoms with Gasteiger partial charge in [0.05, 0.1) is 5.52 Å². The van der Waals surface area contributed by atoms with Crippen LogP contribution in [0.1, 0.15) is 18.1 Å². The SMILES string of the molecule is CC(=O)n1ccc(=O)c2ccc(N3CC4=CCCNC4C3)cc21.Cl. The van der Waals surface area contributed by atoms with Crippen molar-refractivity contribution >= 4 is 34.9 Å². The highest BCUT2D eigenvalue weighted by molar-refractivity contribution is 5.91. The number of hydrogen-bond donors (Lipinski definition) is 1. The van der Waals surface area contributed by atoms with Crippen molar-refractivity contribution in [1.29, 1.82) is 0 Å². The Hall–Kier alpha value is -2.11. The zero-order valence-electron chi connectivity index (χ0n) is 13.5. The summed E-state index contributed by atoms with van der Waals surface area (Å²) < 4.78 is 1.54. The van der Waals surface area contributed by atoms with Gasteiger partial charge in [-0.05, 0) is 36.7 Å². The van der Waals surface area contributed by atoms with Crippen molar-refractivity contribution in [3.63, 3.8) is 0 Å². The lowest BCUT2D eigenvalue weighted by Gasteiger charge is -2.20. The molecule has 1 saturated heterocycles. The van der Waals surface area contributed by atoms with Crippen LogP contribution in [0.25, 0.3) is 10.9 Å². The second-order valence-electron chi connectivity index (χ2n) is 6.23. The molecule has 0 amide bonds. The van der Waals surface area contributed by atoms with Crippen LogP contribution in [-0.2, 0) is 0 Å². The van der Waals surface area contributed by atoms with Crippen LogP contribution in [0.5, 0.6) is 0 Å². The average Bonchev–Trinajstić information content (AvgIpc) is 2.98. The summed E-state index contributed by atoms with van der Waals surface area (Å²) in [5.74, 6) is -0.0911. The number of benzene rings is 1. The van der Waals surface area contributed by atoms with Gasteiger partial charge in [0, 0.05) is 49.4 Å². The number of carbonyl (C=O) groups is 1. The molecule has 0 radical (unpaired) electrons. The van der Waals surface area contributed by atoms with Gasteiger partial charge in [-0.3, -0.25) is 14.2 Å². The normalized spacial score (nSPS) is 19.6. The molecule has 0 saturated carbocycles. The van der Waals surface area contributed by atoms with Gasteiger partial charge in [0.15, 0.2) is 5.43 Å². The first-order valence-corrected chi connectivity index (χ1v) is 7.97. The first-order chi connectivity index (χ1) is 11.1. The molecule has 1 aromatic heterocycles. The third-order valence-electron chi connectivity index (χ3n) is 4.75. The molecule has 0 spiro atoms. The van der Waals surface area contributed by atoms with Gasteiger partial charge in [-0.25, -0.2) is 0 Å². The lowest BCUT2D eigenvalue weighted by molar-refractivity contribution is 0.0941. The van der Waals surface area contributed by atoms with E-state index in [-0.39, 0.29) is 23.7 Å². The minimum absolute atomic E-state index is 0. The molecular weight excluding hydrogens is 326 g/mol. The summed E-state index contributed by atoms with van der Waals surface area (Å²) >= 11 is 0. The fourth-order valence-electron chi connectivity index (χ4n) is 3.56. The fourth-order valence-corrected chi connectivity index (χ4v) is 3.56. The van der Waals surface area contributed by atoms with Crippen molar-refractivity contribution in [3.05, 3.63) is 52.3 Å². The molecule has 0 aliphatic carbocycles. The number of halogens is 1. The number of anilines is 1. The van der Waals surface area contributed by atoms with Crippen LogP contribution >= 0.6 is 12.4 Å². The first kappa shape index (κ1) is 16.7. The van der Waals surface area contributed by atoms with Crippen LogP contribution in [0.15, 0.2) is 46.9 Å². The largest absolute Gasteiger partial charge is 0.366 e. The van der Waals surface area contributed by atoms with E-state index in [2.05, 4.69) is 16.3 Å². The van der Waals surface area contributed by atoms with E-state index < -0.39 is 0 Å². The molecule has 3 heterocycles. The Morgan fingerprint density at radius 2 is 2.12 bits per heavy atom. The Labute approximate surface area is 146 Å². The number of pyridine rings is 1. The molecule has 2 aliphatic rings. The minimum atomic E-state index is -0.0911. The van der Waals surface area contributed by atoms with E-state index in [1.54, 1.807) is 10.8 Å². The number of fused-ring (bicyclic) bond motifs is 2. The smallest absolute Gasteiger partial charge is 0.227 e. The van der Waals surface area contributed by atoms with Crippen molar-refractivity contribution in [2.75, 3.05) is 24.5 Å². The van der Waals surface area contributed by atoms with Gasteiger partial charge in [0.1, 0.15) is 0 Å². The molecule has 24 heavy (non-hydrogen) atoms. The third-order valence-corrected chi connectivity index (χ3v) is 4.75. The van der Waals surface area contributed by atoms with Crippen LogP contribution < -0.4 is 15.6 Å². The summed E-state index contributed by atoms with van der Waals surface area (Å²) in [6, 6.07) is 7.63. The van der Waals surface area contributed by atoms with E-state index >= 15 is 0 Å². The third kappa shape index (κ3) is 2.74. The predicted molar refractivity (Wildman–Crippen MR) is 98.5 cm³/mol. The van der Waals surface area contributed by atoms with E-state index in [1.807, 2.05) is 18.2 Å².